The highest BCUT2D eigenvalue weighted by Crippen LogP contribution is 2.31. The van der Waals surface area contributed by atoms with Gasteiger partial charge in [0, 0.05) is 77.0 Å². The van der Waals surface area contributed by atoms with E-state index in [4.69, 9.17) is 24.4 Å². The van der Waals surface area contributed by atoms with E-state index in [1.807, 2.05) is 11.3 Å². The molecule has 0 bridgehead atoms. The second-order valence-corrected chi connectivity index (χ2v) is 9.10. The topological polar surface area (TPSA) is 90.0 Å². The molecule has 2 heterocycles. The summed E-state index contributed by atoms with van der Waals surface area (Å²) >= 11 is 1.81. The summed E-state index contributed by atoms with van der Waals surface area (Å²) in [5.41, 5.74) is 4.57. The number of benzene rings is 2. The smallest absolute Gasteiger partial charge is 0.430 e. The van der Waals surface area contributed by atoms with Crippen LogP contribution in [-0.2, 0) is 14.3 Å². The van der Waals surface area contributed by atoms with Gasteiger partial charge in [0.05, 0.1) is 13.2 Å². The van der Waals surface area contributed by atoms with Crippen molar-refractivity contribution in [3.8, 4) is 0 Å². The molecule has 4 rings (SSSR count). The number of fused-ring (bicyclic) bond motifs is 2. The molecule has 0 spiro atoms. The summed E-state index contributed by atoms with van der Waals surface area (Å²) in [7, 11) is 3.48. The lowest BCUT2D eigenvalue weighted by Gasteiger charge is -2.29. The number of ether oxygens (including phenoxy) is 2. The lowest BCUT2D eigenvalue weighted by molar-refractivity contribution is -0.344. The minimum atomic E-state index is -5.19. The molecule has 0 radical (unpaired) electrons. The van der Waals surface area contributed by atoms with Gasteiger partial charge in [0.25, 0.3) is 9.40 Å². The highest BCUT2D eigenvalue weighted by Gasteiger charge is 2.28. The van der Waals surface area contributed by atoms with Crippen molar-refractivity contribution in [2.45, 2.75) is 6.18 Å². The normalized spacial score (nSPS) is 14.0. The van der Waals surface area contributed by atoms with E-state index in [1.54, 1.807) is 14.2 Å². The van der Waals surface area contributed by atoms with Gasteiger partial charge in [-0.1, -0.05) is 0 Å². The second kappa shape index (κ2) is 12.9. The molecule has 1 N–H and O–H groups in total. The van der Waals surface area contributed by atoms with Crippen molar-refractivity contribution < 1.29 is 32.5 Å². The summed E-state index contributed by atoms with van der Waals surface area (Å²) in [4.78, 5) is 18.4. The fourth-order valence-electron chi connectivity index (χ4n) is 3.69. The molecule has 1 saturated heterocycles. The van der Waals surface area contributed by atoms with E-state index in [2.05, 4.69) is 51.5 Å². The maximum atomic E-state index is 10.5. The molecule has 0 atom stereocenters. The SMILES string of the molecule is COCCN(CCOC)c1ccc2nc3ccc(N4CCNCC4)cc3[s+]c2c1.O=C([O-])C(F)(F)F. The first-order chi connectivity index (χ1) is 17.2. The van der Waals surface area contributed by atoms with Gasteiger partial charge in [-0.2, -0.15) is 13.2 Å². The molecule has 0 saturated carbocycles. The number of anilines is 2. The standard InChI is InChI=1S/C22H29N4O2S.C2HF3O2/c1-27-13-11-26(12-14-28-2)18-4-6-20-22(16-18)29-21-15-17(3-5-19(21)24-20)25-9-7-23-8-10-25;3-2(4,5)1(6)7/h3-6,15-16,23H,7-14H2,1-2H3;(H,6,7)/q+1;/p-1. The van der Waals surface area contributed by atoms with Crippen molar-refractivity contribution >= 4 is 49.1 Å². The average Bonchev–Trinajstić information content (AvgIpc) is 2.87. The molecule has 12 heteroatoms. The molecule has 8 nitrogen and oxygen atoms in total. The van der Waals surface area contributed by atoms with Crippen molar-refractivity contribution in [3.05, 3.63) is 36.4 Å². The molecule has 1 aromatic heterocycles. The predicted molar refractivity (Wildman–Crippen MR) is 134 cm³/mol. The summed E-state index contributed by atoms with van der Waals surface area (Å²) in [6.45, 7) is 7.24. The Hall–Kier alpha value is -2.80. The van der Waals surface area contributed by atoms with Crippen molar-refractivity contribution in [3.63, 3.8) is 0 Å². The number of carboxylic acid groups (broad SMARTS) is 1. The van der Waals surface area contributed by atoms with E-state index < -0.39 is 12.1 Å². The number of rotatable bonds is 8. The van der Waals surface area contributed by atoms with Gasteiger partial charge in [0.2, 0.25) is 11.3 Å². The number of hydrogen-bond acceptors (Lipinski definition) is 8. The third-order valence-corrected chi connectivity index (χ3v) is 6.65. The summed E-state index contributed by atoms with van der Waals surface area (Å²) in [6, 6.07) is 13.2. The van der Waals surface area contributed by atoms with E-state index >= 15 is 0 Å². The number of hydrogen-bond donors (Lipinski definition) is 1. The molecule has 1 aliphatic heterocycles. The zero-order chi connectivity index (χ0) is 26.1. The molecular weight excluding hydrogens is 497 g/mol. The van der Waals surface area contributed by atoms with Crippen LogP contribution in [0.4, 0.5) is 24.5 Å². The Morgan fingerprint density at radius 3 is 2.17 bits per heavy atom. The van der Waals surface area contributed by atoms with Crippen LogP contribution in [0.15, 0.2) is 36.4 Å². The molecule has 0 unspecified atom stereocenters. The minimum absolute atomic E-state index is 0.690. The Morgan fingerprint density at radius 2 is 1.61 bits per heavy atom. The second-order valence-electron chi connectivity index (χ2n) is 8.01. The number of nitrogens with one attached hydrogen (secondary N) is 1. The van der Waals surface area contributed by atoms with Crippen LogP contribution in [0.3, 0.4) is 0 Å². The highest BCUT2D eigenvalue weighted by molar-refractivity contribution is 7.24. The fourth-order valence-corrected chi connectivity index (χ4v) is 4.72. The number of nitrogens with zero attached hydrogens (tertiary/aromatic N) is 3. The molecule has 1 fully saturated rings. The van der Waals surface area contributed by atoms with Crippen molar-refractivity contribution in [1.29, 1.82) is 0 Å². The van der Waals surface area contributed by atoms with Gasteiger partial charge in [-0.25, -0.2) is 4.98 Å². The van der Waals surface area contributed by atoms with Crippen LogP contribution in [0.25, 0.3) is 20.4 Å². The van der Waals surface area contributed by atoms with Gasteiger partial charge < -0.3 is 34.5 Å². The van der Waals surface area contributed by atoms with Crippen LogP contribution in [0, 0.1) is 0 Å². The van der Waals surface area contributed by atoms with Crippen LogP contribution >= 0.6 is 11.3 Å². The number of carbonyl (C=O) groups excluding carboxylic acids is 1. The van der Waals surface area contributed by atoms with Crippen molar-refractivity contribution in [1.82, 2.24) is 10.3 Å². The molecule has 0 aliphatic carbocycles. The Bertz CT molecular complexity index is 1150. The van der Waals surface area contributed by atoms with Gasteiger partial charge >= 0.3 is 6.18 Å². The molecular formula is C24H29F3N4O4S. The first-order valence-electron chi connectivity index (χ1n) is 11.4. The molecule has 0 amide bonds. The largest absolute Gasteiger partial charge is 0.542 e. The average molecular weight is 527 g/mol. The third kappa shape index (κ3) is 7.60. The predicted octanol–water partition coefficient (Wildman–Crippen LogP) is 2.54. The number of alkyl halides is 3. The van der Waals surface area contributed by atoms with Crippen LogP contribution in [0.5, 0.6) is 0 Å². The first kappa shape index (κ1) is 27.8. The quantitative estimate of drug-likeness (QED) is 0.354. The fraction of sp³-hybridized carbons (Fsp3) is 0.458. The lowest BCUT2D eigenvalue weighted by atomic mass is 10.2. The molecule has 3 aromatic rings. The number of carboxylic acids is 1. The zero-order valence-corrected chi connectivity index (χ0v) is 21.0. The van der Waals surface area contributed by atoms with Gasteiger partial charge in [0.1, 0.15) is 17.0 Å². The Kier molecular flexibility index (Phi) is 9.99. The molecule has 36 heavy (non-hydrogen) atoms. The molecule has 1 aliphatic rings. The summed E-state index contributed by atoms with van der Waals surface area (Å²) < 4.78 is 44.6. The van der Waals surface area contributed by atoms with Crippen LogP contribution in [-0.4, -0.2) is 83.8 Å². The first-order valence-corrected chi connectivity index (χ1v) is 12.2. The Morgan fingerprint density at radius 1 is 1.06 bits per heavy atom. The van der Waals surface area contributed by atoms with E-state index in [1.165, 1.54) is 20.8 Å². The maximum absolute atomic E-state index is 10.5. The Balaban J connectivity index is 0.000000454. The van der Waals surface area contributed by atoms with Gasteiger partial charge in [-0.15, -0.1) is 0 Å². The zero-order valence-electron chi connectivity index (χ0n) is 20.1. The molecule has 196 valence electrons. The number of methoxy groups -OCH3 is 2. The van der Waals surface area contributed by atoms with Gasteiger partial charge in [-0.05, 0) is 24.3 Å². The van der Waals surface area contributed by atoms with E-state index in [-0.39, 0.29) is 0 Å². The Labute approximate surface area is 211 Å². The number of carbonyl (C=O) groups is 1. The monoisotopic (exact) mass is 526 g/mol. The maximum Gasteiger partial charge on any atom is 0.430 e. The van der Waals surface area contributed by atoms with Crippen LogP contribution < -0.4 is 20.2 Å². The number of piperazine rings is 1. The molecule has 2 aromatic carbocycles. The van der Waals surface area contributed by atoms with E-state index in [9.17, 15) is 13.2 Å². The van der Waals surface area contributed by atoms with E-state index in [0.29, 0.717) is 13.2 Å². The third-order valence-electron chi connectivity index (χ3n) is 5.56. The highest BCUT2D eigenvalue weighted by atomic mass is 32.1. The number of aliphatic carboxylic acids is 1. The summed E-state index contributed by atoms with van der Waals surface area (Å²) in [5.74, 6) is -3.01. The van der Waals surface area contributed by atoms with Gasteiger partial charge in [0.15, 0.2) is 0 Å². The van der Waals surface area contributed by atoms with Crippen molar-refractivity contribution in [2.24, 2.45) is 0 Å². The van der Waals surface area contributed by atoms with Crippen molar-refractivity contribution in [2.75, 3.05) is 76.5 Å². The van der Waals surface area contributed by atoms with Crippen LogP contribution in [0.2, 0.25) is 0 Å². The number of aromatic nitrogens is 1. The number of halogens is 3. The van der Waals surface area contributed by atoms with E-state index in [0.717, 1.165) is 50.3 Å². The summed E-state index contributed by atoms with van der Waals surface area (Å²) in [6.07, 6.45) is -5.19. The minimum Gasteiger partial charge on any atom is -0.542 e. The van der Waals surface area contributed by atoms with Gasteiger partial charge in [-0.3, -0.25) is 0 Å². The van der Waals surface area contributed by atoms with Crippen LogP contribution in [0.1, 0.15) is 0 Å². The lowest BCUT2D eigenvalue weighted by Crippen LogP contribution is -2.43. The summed E-state index contributed by atoms with van der Waals surface area (Å²) in [5, 5.41) is 12.2.